The summed E-state index contributed by atoms with van der Waals surface area (Å²) in [4.78, 5) is 13.3. The molecule has 0 aliphatic carbocycles. The molecule has 1 aliphatic rings. The number of esters is 1. The van der Waals surface area contributed by atoms with Gasteiger partial charge in [0.1, 0.15) is 6.04 Å². The normalized spacial score (nSPS) is 25.5. The van der Waals surface area contributed by atoms with Crippen LogP contribution in [0.15, 0.2) is 0 Å². The summed E-state index contributed by atoms with van der Waals surface area (Å²) in [5.41, 5.74) is 0. The quantitative estimate of drug-likeness (QED) is 0.417. The summed E-state index contributed by atoms with van der Waals surface area (Å²) in [6.45, 7) is 1.68. The summed E-state index contributed by atoms with van der Waals surface area (Å²) in [5, 5.41) is 19.4. The number of nitrogens with zero attached hydrogens (tertiary/aromatic N) is 1. The number of ether oxygens (including phenoxy) is 3. The number of carbonyl (C=O) groups excluding carboxylic acids is 1. The van der Waals surface area contributed by atoms with Crippen molar-refractivity contribution in [3.63, 3.8) is 0 Å². The number of hydrogen-bond acceptors (Lipinski definition) is 7. The van der Waals surface area contributed by atoms with Crippen LogP contribution in [0, 0.1) is 0 Å². The molecule has 1 aliphatic heterocycles. The van der Waals surface area contributed by atoms with E-state index in [-0.39, 0.29) is 19.1 Å². The number of aliphatic hydroxyl groups excluding tert-OH is 2. The van der Waals surface area contributed by atoms with E-state index < -0.39 is 18.2 Å². The molecule has 0 aromatic carbocycles. The van der Waals surface area contributed by atoms with Crippen LogP contribution in [0.4, 0.5) is 0 Å². The Morgan fingerprint density at radius 3 is 2.79 bits per heavy atom. The molecule has 0 aromatic heterocycles. The number of carbonyl (C=O) groups is 1. The second-order valence-corrected chi connectivity index (χ2v) is 4.60. The molecule has 0 radical (unpaired) electrons. The minimum absolute atomic E-state index is 0.170. The first-order valence-electron chi connectivity index (χ1n) is 6.33. The van der Waals surface area contributed by atoms with Crippen molar-refractivity contribution in [2.45, 2.75) is 24.7 Å². The van der Waals surface area contributed by atoms with Crippen molar-refractivity contribution in [1.82, 2.24) is 4.90 Å². The minimum atomic E-state index is -0.714. The smallest absolute Gasteiger partial charge is 0.323 e. The Morgan fingerprint density at radius 1 is 1.42 bits per heavy atom. The van der Waals surface area contributed by atoms with Crippen LogP contribution < -0.4 is 0 Å². The highest BCUT2D eigenvalue weighted by Crippen LogP contribution is 2.19. The zero-order chi connectivity index (χ0) is 14.3. The molecule has 3 unspecified atom stereocenters. The van der Waals surface area contributed by atoms with Gasteiger partial charge in [-0.1, -0.05) is 0 Å². The van der Waals surface area contributed by atoms with E-state index in [1.54, 1.807) is 12.0 Å². The van der Waals surface area contributed by atoms with Gasteiger partial charge in [-0.05, 0) is 0 Å². The van der Waals surface area contributed by atoms with Gasteiger partial charge < -0.3 is 24.4 Å². The Labute approximate surface area is 113 Å². The van der Waals surface area contributed by atoms with Crippen molar-refractivity contribution in [3.05, 3.63) is 0 Å². The van der Waals surface area contributed by atoms with E-state index >= 15 is 0 Å². The molecule has 1 rings (SSSR count). The second kappa shape index (κ2) is 8.44. The lowest BCUT2D eigenvalue weighted by Crippen LogP contribution is -2.42. The van der Waals surface area contributed by atoms with Crippen molar-refractivity contribution in [2.75, 3.05) is 47.1 Å². The highest BCUT2D eigenvalue weighted by Gasteiger charge is 2.37. The maximum Gasteiger partial charge on any atom is 0.323 e. The third-order valence-electron chi connectivity index (χ3n) is 3.04. The van der Waals surface area contributed by atoms with Crippen molar-refractivity contribution in [2.24, 2.45) is 0 Å². The number of methoxy groups -OCH3 is 2. The number of rotatable bonds is 8. The predicted octanol–water partition coefficient (Wildman–Crippen LogP) is -1.38. The van der Waals surface area contributed by atoms with Crippen LogP contribution in [-0.4, -0.2) is 86.5 Å². The molecule has 2 N–H and O–H groups in total. The fourth-order valence-corrected chi connectivity index (χ4v) is 2.15. The molecule has 19 heavy (non-hydrogen) atoms. The molecular weight excluding hydrogens is 254 g/mol. The summed E-state index contributed by atoms with van der Waals surface area (Å²) in [5.74, 6) is -0.385. The van der Waals surface area contributed by atoms with Gasteiger partial charge >= 0.3 is 5.97 Å². The predicted molar refractivity (Wildman–Crippen MR) is 66.7 cm³/mol. The molecule has 7 nitrogen and oxygen atoms in total. The van der Waals surface area contributed by atoms with E-state index in [9.17, 15) is 15.0 Å². The van der Waals surface area contributed by atoms with Crippen LogP contribution >= 0.6 is 0 Å². The van der Waals surface area contributed by atoms with Crippen molar-refractivity contribution in [1.29, 1.82) is 0 Å². The molecule has 0 bridgehead atoms. The van der Waals surface area contributed by atoms with E-state index in [0.717, 1.165) is 0 Å². The van der Waals surface area contributed by atoms with E-state index in [0.29, 0.717) is 26.2 Å². The van der Waals surface area contributed by atoms with Gasteiger partial charge in [-0.3, -0.25) is 9.69 Å². The lowest BCUT2D eigenvalue weighted by atomic mass is 10.2. The maximum absolute atomic E-state index is 11.5. The number of likely N-dealkylation sites (tertiary alicyclic amines) is 1. The highest BCUT2D eigenvalue weighted by molar-refractivity contribution is 5.76. The molecule has 112 valence electrons. The standard InChI is InChI=1S/C12H23NO6/c1-17-3-4-19-8-10(15)7-13-6-9(14)5-11(13)12(16)18-2/h9-11,14-15H,3-8H2,1-2H3. The average molecular weight is 277 g/mol. The van der Waals surface area contributed by atoms with Gasteiger partial charge in [0.05, 0.1) is 39.1 Å². The molecule has 1 heterocycles. The third-order valence-corrected chi connectivity index (χ3v) is 3.04. The van der Waals surface area contributed by atoms with Gasteiger partial charge in [-0.25, -0.2) is 0 Å². The molecule has 0 spiro atoms. The molecule has 0 aromatic rings. The van der Waals surface area contributed by atoms with Gasteiger partial charge in [-0.15, -0.1) is 0 Å². The lowest BCUT2D eigenvalue weighted by molar-refractivity contribution is -0.146. The summed E-state index contributed by atoms with van der Waals surface area (Å²) >= 11 is 0. The average Bonchev–Trinajstić information content (AvgIpc) is 2.74. The van der Waals surface area contributed by atoms with Crippen LogP contribution in [0.3, 0.4) is 0 Å². The Kier molecular flexibility index (Phi) is 7.25. The Hall–Kier alpha value is -0.730. The maximum atomic E-state index is 11.5. The van der Waals surface area contributed by atoms with Crippen LogP contribution in [-0.2, 0) is 19.0 Å². The molecule has 0 amide bonds. The first-order chi connectivity index (χ1) is 9.08. The molecular formula is C12H23NO6. The fourth-order valence-electron chi connectivity index (χ4n) is 2.15. The van der Waals surface area contributed by atoms with E-state index in [2.05, 4.69) is 4.74 Å². The van der Waals surface area contributed by atoms with Gasteiger partial charge in [0.25, 0.3) is 0 Å². The number of hydrogen-bond donors (Lipinski definition) is 2. The van der Waals surface area contributed by atoms with E-state index in [1.165, 1.54) is 7.11 Å². The van der Waals surface area contributed by atoms with E-state index in [1.807, 2.05) is 0 Å². The monoisotopic (exact) mass is 277 g/mol. The third kappa shape index (κ3) is 5.42. The Balaban J connectivity index is 2.34. The first kappa shape index (κ1) is 16.3. The largest absolute Gasteiger partial charge is 0.468 e. The number of aliphatic hydroxyl groups is 2. The second-order valence-electron chi connectivity index (χ2n) is 4.60. The number of β-amino-alcohol motifs (C(OH)–C–C–N with tert-alkyl or cyclic N) is 2. The minimum Gasteiger partial charge on any atom is -0.468 e. The zero-order valence-electron chi connectivity index (χ0n) is 11.4. The van der Waals surface area contributed by atoms with Crippen molar-refractivity contribution < 1.29 is 29.2 Å². The lowest BCUT2D eigenvalue weighted by Gasteiger charge is -2.24. The van der Waals surface area contributed by atoms with Crippen LogP contribution in [0.1, 0.15) is 6.42 Å². The van der Waals surface area contributed by atoms with Gasteiger partial charge in [0.2, 0.25) is 0 Å². The van der Waals surface area contributed by atoms with Gasteiger partial charge in [0.15, 0.2) is 0 Å². The van der Waals surface area contributed by atoms with Crippen molar-refractivity contribution >= 4 is 5.97 Å². The highest BCUT2D eigenvalue weighted by atomic mass is 16.5. The van der Waals surface area contributed by atoms with Crippen LogP contribution in [0.2, 0.25) is 0 Å². The molecule has 7 heteroatoms. The molecule has 1 fully saturated rings. The first-order valence-corrected chi connectivity index (χ1v) is 6.33. The topological polar surface area (TPSA) is 88.5 Å². The SMILES string of the molecule is COCCOCC(O)CN1CC(O)CC1C(=O)OC. The van der Waals surface area contributed by atoms with E-state index in [4.69, 9.17) is 9.47 Å². The Morgan fingerprint density at radius 2 is 2.16 bits per heavy atom. The summed E-state index contributed by atoms with van der Waals surface area (Å²) in [6, 6.07) is -0.492. The summed E-state index contributed by atoms with van der Waals surface area (Å²) in [6.07, 6.45) is -0.941. The summed E-state index contributed by atoms with van der Waals surface area (Å²) < 4.78 is 14.7. The molecule has 1 saturated heterocycles. The van der Waals surface area contributed by atoms with Crippen LogP contribution in [0.5, 0.6) is 0 Å². The van der Waals surface area contributed by atoms with Gasteiger partial charge in [-0.2, -0.15) is 0 Å². The van der Waals surface area contributed by atoms with Crippen molar-refractivity contribution in [3.8, 4) is 0 Å². The van der Waals surface area contributed by atoms with Gasteiger partial charge in [0, 0.05) is 26.6 Å². The zero-order valence-corrected chi connectivity index (χ0v) is 11.4. The summed E-state index contributed by atoms with van der Waals surface area (Å²) in [7, 11) is 2.89. The molecule has 0 saturated carbocycles. The fraction of sp³-hybridized carbons (Fsp3) is 0.917. The Bertz CT molecular complexity index is 275. The van der Waals surface area contributed by atoms with Crippen LogP contribution in [0.25, 0.3) is 0 Å². The molecule has 3 atom stereocenters.